The van der Waals surface area contributed by atoms with E-state index in [0.717, 1.165) is 5.56 Å². The molecule has 3 fully saturated rings. The van der Waals surface area contributed by atoms with Gasteiger partial charge in [-0.1, -0.05) is 32.0 Å². The summed E-state index contributed by atoms with van der Waals surface area (Å²) in [6.07, 6.45) is 2.23. The van der Waals surface area contributed by atoms with E-state index in [1.54, 1.807) is 42.7 Å². The molecular formula is C28H32O8. The molecule has 8 heteroatoms. The van der Waals surface area contributed by atoms with Crippen molar-refractivity contribution in [2.24, 2.45) is 28.6 Å². The molecule has 2 aliphatic carbocycles. The van der Waals surface area contributed by atoms with Gasteiger partial charge in [0.05, 0.1) is 43.1 Å². The van der Waals surface area contributed by atoms with Gasteiger partial charge >= 0.3 is 17.9 Å². The standard InChI is InChI=1S/C28H32O8/c1-27-11-9-18-26(32)36-21(17-10-12-34-15-17)14-28(18,2)23(27)22(29)20(13-19(27)25(31)33-3)35-24(30)16-7-5-4-6-8-16/h4-8,10,12,15,18-23,29H,9,11,13-14H2,1-3H3/t18-,19+,20+,21+,22?,23?,27+,28+/m1/s1. The third-order valence-corrected chi connectivity index (χ3v) is 9.01. The van der Waals surface area contributed by atoms with Gasteiger partial charge in [-0.3, -0.25) is 9.59 Å². The highest BCUT2D eigenvalue weighted by Gasteiger charge is 2.67. The number of carbonyl (C=O) groups excluding carboxylic acids is 3. The van der Waals surface area contributed by atoms with Crippen LogP contribution < -0.4 is 0 Å². The molecule has 2 heterocycles. The highest BCUT2D eigenvalue weighted by atomic mass is 16.6. The Bertz CT molecular complexity index is 1130. The number of hydrogen-bond donors (Lipinski definition) is 1. The van der Waals surface area contributed by atoms with E-state index >= 15 is 0 Å². The van der Waals surface area contributed by atoms with Gasteiger partial charge in [0.15, 0.2) is 0 Å². The summed E-state index contributed by atoms with van der Waals surface area (Å²) < 4.78 is 22.0. The molecule has 3 aliphatic rings. The zero-order valence-corrected chi connectivity index (χ0v) is 20.7. The second-order valence-electron chi connectivity index (χ2n) is 10.9. The van der Waals surface area contributed by atoms with Crippen molar-refractivity contribution in [3.8, 4) is 0 Å². The number of benzene rings is 1. The van der Waals surface area contributed by atoms with Crippen molar-refractivity contribution in [3.63, 3.8) is 0 Å². The summed E-state index contributed by atoms with van der Waals surface area (Å²) in [4.78, 5) is 39.2. The Morgan fingerprint density at radius 3 is 2.53 bits per heavy atom. The number of carbonyl (C=O) groups is 3. The molecule has 0 radical (unpaired) electrons. The number of aliphatic hydroxyl groups excluding tert-OH is 1. The lowest BCUT2D eigenvalue weighted by Crippen LogP contribution is -2.66. The first-order valence-electron chi connectivity index (χ1n) is 12.4. The number of furan rings is 1. The van der Waals surface area contributed by atoms with E-state index in [1.165, 1.54) is 13.4 Å². The molecule has 1 aromatic heterocycles. The minimum Gasteiger partial charge on any atom is -0.472 e. The first-order valence-corrected chi connectivity index (χ1v) is 12.4. The Balaban J connectivity index is 1.53. The molecule has 2 unspecified atom stereocenters. The monoisotopic (exact) mass is 496 g/mol. The Kier molecular flexibility index (Phi) is 6.19. The van der Waals surface area contributed by atoms with Gasteiger partial charge in [-0.2, -0.15) is 0 Å². The van der Waals surface area contributed by atoms with E-state index in [1.807, 2.05) is 13.8 Å². The Morgan fingerprint density at radius 1 is 1.11 bits per heavy atom. The molecule has 1 aromatic carbocycles. The number of fused-ring (bicyclic) bond motifs is 3. The van der Waals surface area contributed by atoms with Gasteiger partial charge in [-0.05, 0) is 48.3 Å². The topological polar surface area (TPSA) is 112 Å². The van der Waals surface area contributed by atoms with E-state index in [4.69, 9.17) is 18.6 Å². The molecule has 0 amide bonds. The van der Waals surface area contributed by atoms with Crippen LogP contribution in [0.4, 0.5) is 0 Å². The third kappa shape index (κ3) is 3.82. The number of esters is 3. The van der Waals surface area contributed by atoms with Crippen molar-refractivity contribution in [2.75, 3.05) is 7.11 Å². The third-order valence-electron chi connectivity index (χ3n) is 9.01. The van der Waals surface area contributed by atoms with Crippen molar-refractivity contribution >= 4 is 17.9 Å². The molecule has 0 spiro atoms. The van der Waals surface area contributed by atoms with Crippen molar-refractivity contribution in [1.82, 2.24) is 0 Å². The average molecular weight is 497 g/mol. The van der Waals surface area contributed by atoms with E-state index in [-0.39, 0.29) is 12.4 Å². The van der Waals surface area contributed by atoms with Crippen LogP contribution in [0, 0.1) is 28.6 Å². The molecule has 1 saturated heterocycles. The first kappa shape index (κ1) is 24.6. The summed E-state index contributed by atoms with van der Waals surface area (Å²) in [6.45, 7) is 3.98. The van der Waals surface area contributed by atoms with Gasteiger partial charge in [0.2, 0.25) is 0 Å². The fourth-order valence-electron chi connectivity index (χ4n) is 7.31. The minimum absolute atomic E-state index is 0.149. The summed E-state index contributed by atoms with van der Waals surface area (Å²) in [5.41, 5.74) is -0.265. The van der Waals surface area contributed by atoms with Gasteiger partial charge in [0.1, 0.15) is 12.2 Å². The molecule has 2 saturated carbocycles. The van der Waals surface area contributed by atoms with Gasteiger partial charge in [-0.25, -0.2) is 4.79 Å². The molecule has 1 aliphatic heterocycles. The Labute approximate surface area is 209 Å². The van der Waals surface area contributed by atoms with Gasteiger partial charge in [0, 0.05) is 17.9 Å². The Hall–Kier alpha value is -3.13. The summed E-state index contributed by atoms with van der Waals surface area (Å²) >= 11 is 0. The second kappa shape index (κ2) is 9.07. The fourth-order valence-corrected chi connectivity index (χ4v) is 7.31. The van der Waals surface area contributed by atoms with Crippen molar-refractivity contribution in [1.29, 1.82) is 0 Å². The smallest absolute Gasteiger partial charge is 0.338 e. The van der Waals surface area contributed by atoms with Crippen LogP contribution in [0.1, 0.15) is 61.6 Å². The van der Waals surface area contributed by atoms with Crippen LogP contribution in [0.5, 0.6) is 0 Å². The number of methoxy groups -OCH3 is 1. The van der Waals surface area contributed by atoms with Crippen LogP contribution in [-0.4, -0.2) is 42.3 Å². The molecule has 0 bridgehead atoms. The van der Waals surface area contributed by atoms with Crippen LogP contribution in [0.25, 0.3) is 0 Å². The van der Waals surface area contributed by atoms with E-state index in [9.17, 15) is 19.5 Å². The maximum atomic E-state index is 13.2. The highest BCUT2D eigenvalue weighted by Crippen LogP contribution is 2.66. The number of hydrogen-bond acceptors (Lipinski definition) is 8. The van der Waals surface area contributed by atoms with Crippen LogP contribution in [-0.2, 0) is 23.8 Å². The van der Waals surface area contributed by atoms with E-state index < -0.39 is 58.8 Å². The average Bonchev–Trinajstić information content (AvgIpc) is 3.40. The quantitative estimate of drug-likeness (QED) is 0.498. The molecule has 2 aromatic rings. The lowest BCUT2D eigenvalue weighted by molar-refractivity contribution is -0.236. The van der Waals surface area contributed by atoms with Crippen LogP contribution >= 0.6 is 0 Å². The number of aliphatic hydroxyl groups is 1. The van der Waals surface area contributed by atoms with E-state index in [0.29, 0.717) is 24.8 Å². The van der Waals surface area contributed by atoms with Crippen LogP contribution in [0.3, 0.4) is 0 Å². The summed E-state index contributed by atoms with van der Waals surface area (Å²) in [5, 5.41) is 11.8. The first-order chi connectivity index (χ1) is 17.2. The van der Waals surface area contributed by atoms with Crippen molar-refractivity contribution < 1.29 is 38.1 Å². The van der Waals surface area contributed by atoms with Crippen LogP contribution in [0.2, 0.25) is 0 Å². The maximum absolute atomic E-state index is 13.2. The van der Waals surface area contributed by atoms with Crippen molar-refractivity contribution in [2.45, 2.75) is 57.8 Å². The molecule has 192 valence electrons. The van der Waals surface area contributed by atoms with Gasteiger partial charge in [-0.15, -0.1) is 0 Å². The predicted molar refractivity (Wildman–Crippen MR) is 126 cm³/mol. The highest BCUT2D eigenvalue weighted by molar-refractivity contribution is 5.89. The SMILES string of the molecule is COC(=O)[C@@H]1C[C@H](OC(=O)c2ccccc2)C(O)C2[C@@]3(C)C[C@@H](c4ccoc4)OC(=O)[C@H]3CC[C@]21C. The fraction of sp³-hybridized carbons (Fsp3) is 0.536. The summed E-state index contributed by atoms with van der Waals surface area (Å²) in [5.74, 6) is -2.85. The molecule has 8 atom stereocenters. The number of cyclic esters (lactones) is 1. The minimum atomic E-state index is -1.08. The molecule has 1 N–H and O–H groups in total. The second-order valence-corrected chi connectivity index (χ2v) is 10.9. The lowest BCUT2D eigenvalue weighted by Gasteiger charge is -2.63. The number of ether oxygens (including phenoxy) is 3. The largest absolute Gasteiger partial charge is 0.472 e. The normalized spacial score (nSPS) is 37.7. The molecule has 8 nitrogen and oxygen atoms in total. The lowest BCUT2D eigenvalue weighted by atomic mass is 9.42. The van der Waals surface area contributed by atoms with E-state index in [2.05, 4.69) is 0 Å². The predicted octanol–water partition coefficient (Wildman–Crippen LogP) is 4.09. The van der Waals surface area contributed by atoms with Gasteiger partial charge in [0.25, 0.3) is 0 Å². The maximum Gasteiger partial charge on any atom is 0.338 e. The Morgan fingerprint density at radius 2 is 1.86 bits per heavy atom. The summed E-state index contributed by atoms with van der Waals surface area (Å²) in [7, 11) is 1.34. The zero-order chi connectivity index (χ0) is 25.7. The van der Waals surface area contributed by atoms with Crippen molar-refractivity contribution in [3.05, 3.63) is 60.1 Å². The van der Waals surface area contributed by atoms with Crippen LogP contribution in [0.15, 0.2) is 53.3 Å². The number of rotatable bonds is 4. The molecule has 5 rings (SSSR count). The summed E-state index contributed by atoms with van der Waals surface area (Å²) in [6, 6.07) is 10.3. The van der Waals surface area contributed by atoms with Gasteiger partial charge < -0.3 is 23.7 Å². The molecular weight excluding hydrogens is 464 g/mol. The molecule has 36 heavy (non-hydrogen) atoms. The zero-order valence-electron chi connectivity index (χ0n) is 20.7.